The van der Waals surface area contributed by atoms with E-state index in [2.05, 4.69) is 51.1 Å². The Kier molecular flexibility index (Phi) is 11.9. The van der Waals surface area contributed by atoms with Gasteiger partial charge in [0.25, 0.3) is 0 Å². The molecule has 0 spiro atoms. The van der Waals surface area contributed by atoms with Crippen LogP contribution in [-0.4, -0.2) is 5.54 Å². The van der Waals surface area contributed by atoms with E-state index in [1.807, 2.05) is 0 Å². The highest BCUT2D eigenvalue weighted by atomic mass is 14.8. The van der Waals surface area contributed by atoms with Crippen LogP contribution in [0.3, 0.4) is 0 Å². The third-order valence-corrected chi connectivity index (χ3v) is 6.06. The van der Waals surface area contributed by atoms with E-state index in [0.717, 1.165) is 12.8 Å². The van der Waals surface area contributed by atoms with Crippen LogP contribution in [0.1, 0.15) is 116 Å². The quantitative estimate of drug-likeness (QED) is 0.325. The lowest BCUT2D eigenvalue weighted by atomic mass is 9.73. The summed E-state index contributed by atoms with van der Waals surface area (Å²) < 4.78 is 0. The highest BCUT2D eigenvalue weighted by Gasteiger charge is 2.32. The van der Waals surface area contributed by atoms with Crippen molar-refractivity contribution in [2.75, 3.05) is 0 Å². The van der Waals surface area contributed by atoms with Crippen LogP contribution in [0.15, 0.2) is 30.3 Å². The topological polar surface area (TPSA) is 26.0 Å². The van der Waals surface area contributed by atoms with Crippen LogP contribution < -0.4 is 5.73 Å². The van der Waals surface area contributed by atoms with Gasteiger partial charge in [-0.05, 0) is 24.8 Å². The van der Waals surface area contributed by atoms with Gasteiger partial charge in [0, 0.05) is 11.5 Å². The minimum Gasteiger partial charge on any atom is -0.325 e. The highest BCUT2D eigenvalue weighted by molar-refractivity contribution is 5.23. The first kappa shape index (κ1) is 22.2. The Bertz CT molecular complexity index is 407. The van der Waals surface area contributed by atoms with Gasteiger partial charge in [-0.2, -0.15) is 0 Å². The van der Waals surface area contributed by atoms with Gasteiger partial charge in [0.1, 0.15) is 0 Å². The summed E-state index contributed by atoms with van der Waals surface area (Å²) in [6, 6.07) is 11.0. The Morgan fingerprint density at radius 2 is 1.20 bits per heavy atom. The Morgan fingerprint density at radius 1 is 0.720 bits per heavy atom. The van der Waals surface area contributed by atoms with Crippen LogP contribution in [0.2, 0.25) is 0 Å². The first-order chi connectivity index (χ1) is 12.2. The van der Waals surface area contributed by atoms with Gasteiger partial charge in [-0.3, -0.25) is 0 Å². The van der Waals surface area contributed by atoms with Crippen molar-refractivity contribution in [3.8, 4) is 0 Å². The zero-order valence-corrected chi connectivity index (χ0v) is 17.2. The molecule has 0 heterocycles. The summed E-state index contributed by atoms with van der Waals surface area (Å²) in [4.78, 5) is 0. The summed E-state index contributed by atoms with van der Waals surface area (Å²) in [5, 5.41) is 0. The number of rotatable bonds is 15. The van der Waals surface area contributed by atoms with Crippen LogP contribution in [-0.2, 0) is 0 Å². The van der Waals surface area contributed by atoms with E-state index in [1.165, 1.54) is 76.2 Å². The van der Waals surface area contributed by atoms with E-state index in [-0.39, 0.29) is 5.54 Å². The molecule has 0 aromatic heterocycles. The minimum absolute atomic E-state index is 0.0549. The van der Waals surface area contributed by atoms with Crippen LogP contribution in [0, 0.1) is 0 Å². The fourth-order valence-electron chi connectivity index (χ4n) is 4.05. The summed E-state index contributed by atoms with van der Waals surface area (Å²) in [6.45, 7) is 6.78. The van der Waals surface area contributed by atoms with E-state index in [1.54, 1.807) is 0 Å². The van der Waals surface area contributed by atoms with Gasteiger partial charge in [0.15, 0.2) is 0 Å². The predicted molar refractivity (Wildman–Crippen MR) is 113 cm³/mol. The maximum Gasteiger partial charge on any atom is 0.0218 e. The smallest absolute Gasteiger partial charge is 0.0218 e. The number of unbranched alkanes of at least 4 members (excludes halogenated alkanes) is 9. The van der Waals surface area contributed by atoms with Crippen molar-refractivity contribution in [1.29, 1.82) is 0 Å². The minimum atomic E-state index is -0.0549. The number of benzene rings is 1. The monoisotopic (exact) mass is 345 g/mol. The van der Waals surface area contributed by atoms with Crippen molar-refractivity contribution in [3.63, 3.8) is 0 Å². The van der Waals surface area contributed by atoms with Crippen molar-refractivity contribution in [2.45, 2.75) is 116 Å². The van der Waals surface area contributed by atoms with Gasteiger partial charge < -0.3 is 5.73 Å². The Balaban J connectivity index is 2.32. The molecule has 0 radical (unpaired) electrons. The molecule has 144 valence electrons. The largest absolute Gasteiger partial charge is 0.325 e. The molecule has 0 fully saturated rings. The maximum absolute atomic E-state index is 6.79. The molecule has 25 heavy (non-hydrogen) atoms. The van der Waals surface area contributed by atoms with E-state index in [9.17, 15) is 0 Å². The molecule has 1 nitrogen and oxygen atoms in total. The maximum atomic E-state index is 6.79. The fourth-order valence-corrected chi connectivity index (χ4v) is 4.05. The fraction of sp³-hybridized carbons (Fsp3) is 0.750. The lowest BCUT2D eigenvalue weighted by molar-refractivity contribution is 0.300. The Morgan fingerprint density at radius 3 is 1.68 bits per heavy atom. The van der Waals surface area contributed by atoms with Gasteiger partial charge in [-0.1, -0.05) is 115 Å². The molecule has 0 bridgehead atoms. The summed E-state index contributed by atoms with van der Waals surface area (Å²) in [7, 11) is 0. The summed E-state index contributed by atoms with van der Waals surface area (Å²) in [5.74, 6) is 0.498. The third-order valence-electron chi connectivity index (χ3n) is 6.06. The first-order valence-electron chi connectivity index (χ1n) is 11.0. The molecule has 2 N–H and O–H groups in total. The van der Waals surface area contributed by atoms with Crippen molar-refractivity contribution in [3.05, 3.63) is 35.9 Å². The average molecular weight is 346 g/mol. The van der Waals surface area contributed by atoms with Crippen molar-refractivity contribution >= 4 is 0 Å². The summed E-state index contributed by atoms with van der Waals surface area (Å²) in [5.41, 5.74) is 8.17. The molecular formula is C24H43N. The lowest BCUT2D eigenvalue weighted by Crippen LogP contribution is -2.44. The number of hydrogen-bond acceptors (Lipinski definition) is 1. The molecule has 0 aliphatic carbocycles. The summed E-state index contributed by atoms with van der Waals surface area (Å²) >= 11 is 0. The lowest BCUT2D eigenvalue weighted by Gasteiger charge is -2.37. The van der Waals surface area contributed by atoms with Gasteiger partial charge in [-0.25, -0.2) is 0 Å². The van der Waals surface area contributed by atoms with Crippen LogP contribution >= 0.6 is 0 Å². The van der Waals surface area contributed by atoms with Crippen LogP contribution in [0.25, 0.3) is 0 Å². The molecule has 1 heteroatoms. The highest BCUT2D eigenvalue weighted by Crippen LogP contribution is 2.36. The average Bonchev–Trinajstić information content (AvgIpc) is 2.66. The van der Waals surface area contributed by atoms with Gasteiger partial charge in [0.2, 0.25) is 0 Å². The number of hydrogen-bond donors (Lipinski definition) is 1. The molecule has 0 aliphatic rings. The molecule has 0 aliphatic heterocycles. The van der Waals surface area contributed by atoms with Crippen molar-refractivity contribution in [2.24, 2.45) is 5.73 Å². The molecule has 0 saturated carbocycles. The predicted octanol–water partition coefficient (Wildman–Crippen LogP) is 7.60. The zero-order chi connectivity index (χ0) is 18.4. The molecule has 1 aromatic rings. The summed E-state index contributed by atoms with van der Waals surface area (Å²) in [6.07, 6.45) is 17.3. The SMILES string of the molecule is CCCCCCCCCCCCC(c1ccccc1)C(N)(CC)CC. The van der Waals surface area contributed by atoms with Crippen LogP contribution in [0.5, 0.6) is 0 Å². The van der Waals surface area contributed by atoms with Crippen LogP contribution in [0.4, 0.5) is 0 Å². The molecule has 1 atom stereocenters. The first-order valence-corrected chi connectivity index (χ1v) is 11.0. The Hall–Kier alpha value is -0.820. The van der Waals surface area contributed by atoms with E-state index >= 15 is 0 Å². The standard InChI is InChI=1S/C24H43N/c1-4-7-8-9-10-11-12-13-14-18-21-23(24(25,5-2)6-3)22-19-16-15-17-20-22/h15-17,19-20,23H,4-14,18,21,25H2,1-3H3. The molecule has 0 amide bonds. The zero-order valence-electron chi connectivity index (χ0n) is 17.2. The van der Waals surface area contributed by atoms with Gasteiger partial charge >= 0.3 is 0 Å². The number of nitrogens with two attached hydrogens (primary N) is 1. The molecule has 1 rings (SSSR count). The molecule has 1 aromatic carbocycles. The Labute approximate surface area is 157 Å². The van der Waals surface area contributed by atoms with Crippen molar-refractivity contribution in [1.82, 2.24) is 0 Å². The second-order valence-corrected chi connectivity index (χ2v) is 7.87. The molecular weight excluding hydrogens is 302 g/mol. The van der Waals surface area contributed by atoms with E-state index in [0.29, 0.717) is 5.92 Å². The van der Waals surface area contributed by atoms with Gasteiger partial charge in [-0.15, -0.1) is 0 Å². The second-order valence-electron chi connectivity index (χ2n) is 7.87. The second kappa shape index (κ2) is 13.4. The molecule has 1 unspecified atom stereocenters. The van der Waals surface area contributed by atoms with Gasteiger partial charge in [0.05, 0.1) is 0 Å². The third kappa shape index (κ3) is 8.40. The van der Waals surface area contributed by atoms with E-state index < -0.39 is 0 Å². The van der Waals surface area contributed by atoms with Crippen molar-refractivity contribution < 1.29 is 0 Å². The molecule has 0 saturated heterocycles. The normalized spacial score (nSPS) is 13.1. The van der Waals surface area contributed by atoms with E-state index in [4.69, 9.17) is 5.73 Å².